The fourth-order valence-corrected chi connectivity index (χ4v) is 3.58. The van der Waals surface area contributed by atoms with Gasteiger partial charge >= 0.3 is 0 Å². The summed E-state index contributed by atoms with van der Waals surface area (Å²) in [6.45, 7) is 4.35. The number of nitrogens with one attached hydrogen (secondary N) is 1. The van der Waals surface area contributed by atoms with E-state index in [0.29, 0.717) is 25.3 Å². The van der Waals surface area contributed by atoms with Gasteiger partial charge in [-0.3, -0.25) is 0 Å². The normalized spacial score (nSPS) is 19.1. The summed E-state index contributed by atoms with van der Waals surface area (Å²) in [5, 5.41) is 3.29. The van der Waals surface area contributed by atoms with E-state index in [1.165, 1.54) is 6.33 Å². The lowest BCUT2D eigenvalue weighted by molar-refractivity contribution is 0.323. The monoisotopic (exact) mass is 285 g/mol. The van der Waals surface area contributed by atoms with E-state index >= 15 is 0 Å². The van der Waals surface area contributed by atoms with Crippen molar-refractivity contribution in [3.8, 4) is 5.88 Å². The van der Waals surface area contributed by atoms with Gasteiger partial charge in [0.25, 0.3) is 0 Å². The van der Waals surface area contributed by atoms with E-state index in [2.05, 4.69) is 15.3 Å². The molecule has 2 heterocycles. The molecule has 0 atom stereocenters. The zero-order valence-electron chi connectivity index (χ0n) is 11.2. The van der Waals surface area contributed by atoms with Crippen LogP contribution in [0.4, 0.5) is 5.82 Å². The Morgan fingerprint density at radius 1 is 1.37 bits per heavy atom. The third kappa shape index (κ3) is 3.56. The number of nitrogens with zero attached hydrogens (tertiary/aromatic N) is 2. The van der Waals surface area contributed by atoms with Gasteiger partial charge in [0, 0.05) is 6.04 Å². The van der Waals surface area contributed by atoms with E-state index in [1.807, 2.05) is 13.8 Å². The molecule has 6 nitrogen and oxygen atoms in total. The second-order valence-electron chi connectivity index (χ2n) is 4.66. The van der Waals surface area contributed by atoms with Gasteiger partial charge in [-0.15, -0.1) is 0 Å². The summed E-state index contributed by atoms with van der Waals surface area (Å²) in [4.78, 5) is 8.28. The fourth-order valence-electron chi connectivity index (χ4n) is 2.09. The first-order valence-corrected chi connectivity index (χ1v) is 8.25. The summed E-state index contributed by atoms with van der Waals surface area (Å²) in [6, 6.07) is 0.145. The maximum atomic E-state index is 11.4. The summed E-state index contributed by atoms with van der Waals surface area (Å²) in [7, 11) is -2.83. The van der Waals surface area contributed by atoms with E-state index in [0.717, 1.165) is 11.4 Å². The molecule has 0 unspecified atom stereocenters. The first-order chi connectivity index (χ1) is 9.02. The van der Waals surface area contributed by atoms with Gasteiger partial charge in [-0.1, -0.05) is 0 Å². The van der Waals surface area contributed by atoms with E-state index in [4.69, 9.17) is 4.74 Å². The lowest BCUT2D eigenvalue weighted by atomic mass is 10.1. The number of sulfone groups is 1. The SMILES string of the molecule is CCOc1ncnc(NC2CCS(=O)(=O)CC2)c1C. The largest absolute Gasteiger partial charge is 0.478 e. The molecule has 1 aliphatic heterocycles. The van der Waals surface area contributed by atoms with Crippen LogP contribution in [0.15, 0.2) is 6.33 Å². The van der Waals surface area contributed by atoms with Crippen LogP contribution in [-0.4, -0.2) is 42.5 Å². The summed E-state index contributed by atoms with van der Waals surface area (Å²) >= 11 is 0. The summed E-state index contributed by atoms with van der Waals surface area (Å²) in [5.74, 6) is 1.78. The van der Waals surface area contributed by atoms with Gasteiger partial charge in [-0.05, 0) is 26.7 Å². The summed E-state index contributed by atoms with van der Waals surface area (Å²) < 4.78 is 28.2. The van der Waals surface area contributed by atoms with E-state index in [-0.39, 0.29) is 17.5 Å². The van der Waals surface area contributed by atoms with Crippen LogP contribution in [0, 0.1) is 6.92 Å². The van der Waals surface area contributed by atoms with Crippen LogP contribution in [0.5, 0.6) is 5.88 Å². The average Bonchev–Trinajstić information content (AvgIpc) is 2.37. The second kappa shape index (κ2) is 5.73. The molecule has 1 saturated heterocycles. The molecule has 106 valence electrons. The fraction of sp³-hybridized carbons (Fsp3) is 0.667. The van der Waals surface area contributed by atoms with Crippen LogP contribution in [0.3, 0.4) is 0 Å². The zero-order valence-corrected chi connectivity index (χ0v) is 12.0. The average molecular weight is 285 g/mol. The number of ether oxygens (including phenoxy) is 1. The van der Waals surface area contributed by atoms with E-state index in [1.54, 1.807) is 0 Å². The molecule has 1 N–H and O–H groups in total. The molecule has 1 fully saturated rings. The van der Waals surface area contributed by atoms with Crippen LogP contribution in [0.2, 0.25) is 0 Å². The van der Waals surface area contributed by atoms with Crippen molar-refractivity contribution < 1.29 is 13.2 Å². The maximum absolute atomic E-state index is 11.4. The quantitative estimate of drug-likeness (QED) is 0.894. The zero-order chi connectivity index (χ0) is 13.9. The van der Waals surface area contributed by atoms with Gasteiger partial charge in [0.05, 0.1) is 23.7 Å². The Labute approximate surface area is 113 Å². The topological polar surface area (TPSA) is 81.2 Å². The molecule has 7 heteroatoms. The Hall–Kier alpha value is -1.37. The van der Waals surface area contributed by atoms with Crippen molar-refractivity contribution in [1.29, 1.82) is 0 Å². The van der Waals surface area contributed by atoms with Gasteiger partial charge in [0.15, 0.2) is 0 Å². The predicted molar refractivity (Wildman–Crippen MR) is 73.2 cm³/mol. The van der Waals surface area contributed by atoms with Crippen molar-refractivity contribution in [2.75, 3.05) is 23.4 Å². The number of rotatable bonds is 4. The molecular formula is C12H19N3O3S. The van der Waals surface area contributed by atoms with E-state index < -0.39 is 9.84 Å². The highest BCUT2D eigenvalue weighted by Crippen LogP contribution is 2.23. The minimum absolute atomic E-state index is 0.145. The molecule has 0 saturated carbocycles. The minimum Gasteiger partial charge on any atom is -0.478 e. The Morgan fingerprint density at radius 2 is 2.05 bits per heavy atom. The van der Waals surface area contributed by atoms with Gasteiger partial charge in [-0.2, -0.15) is 0 Å². The van der Waals surface area contributed by atoms with Crippen LogP contribution in [0.1, 0.15) is 25.3 Å². The highest BCUT2D eigenvalue weighted by atomic mass is 32.2. The lowest BCUT2D eigenvalue weighted by Gasteiger charge is -2.24. The molecule has 1 aromatic heterocycles. The highest BCUT2D eigenvalue weighted by molar-refractivity contribution is 7.91. The number of aromatic nitrogens is 2. The van der Waals surface area contributed by atoms with Crippen LogP contribution in [-0.2, 0) is 9.84 Å². The van der Waals surface area contributed by atoms with Crippen molar-refractivity contribution in [3.63, 3.8) is 0 Å². The summed E-state index contributed by atoms with van der Waals surface area (Å²) in [6.07, 6.45) is 2.70. The van der Waals surface area contributed by atoms with Gasteiger partial charge in [-0.25, -0.2) is 18.4 Å². The van der Waals surface area contributed by atoms with Crippen LogP contribution in [0.25, 0.3) is 0 Å². The Bertz CT molecular complexity index is 531. The third-order valence-electron chi connectivity index (χ3n) is 3.21. The molecule has 0 radical (unpaired) electrons. The maximum Gasteiger partial charge on any atom is 0.221 e. The molecule has 2 rings (SSSR count). The molecule has 0 spiro atoms. The van der Waals surface area contributed by atoms with Crippen LogP contribution < -0.4 is 10.1 Å². The van der Waals surface area contributed by atoms with E-state index in [9.17, 15) is 8.42 Å². The Kier molecular flexibility index (Phi) is 4.24. The molecular weight excluding hydrogens is 266 g/mol. The Morgan fingerprint density at radius 3 is 2.68 bits per heavy atom. The molecule has 0 aromatic carbocycles. The summed E-state index contributed by atoms with van der Waals surface area (Å²) in [5.41, 5.74) is 0.859. The van der Waals surface area contributed by atoms with Gasteiger partial charge in [0.1, 0.15) is 22.0 Å². The third-order valence-corrected chi connectivity index (χ3v) is 4.93. The smallest absolute Gasteiger partial charge is 0.221 e. The molecule has 1 aliphatic rings. The molecule has 0 bridgehead atoms. The van der Waals surface area contributed by atoms with Crippen molar-refractivity contribution in [3.05, 3.63) is 11.9 Å². The lowest BCUT2D eigenvalue weighted by Crippen LogP contribution is -2.32. The van der Waals surface area contributed by atoms with Crippen molar-refractivity contribution >= 4 is 15.7 Å². The molecule has 19 heavy (non-hydrogen) atoms. The number of hydrogen-bond donors (Lipinski definition) is 1. The predicted octanol–water partition coefficient (Wildman–Crippen LogP) is 1.17. The molecule has 0 amide bonds. The standard InChI is InChI=1S/C12H19N3O3S/c1-3-18-12-9(2)11(13-8-14-12)15-10-4-6-19(16,17)7-5-10/h8,10H,3-7H2,1-2H3,(H,13,14,15). The van der Waals surface area contributed by atoms with Gasteiger partial charge < -0.3 is 10.1 Å². The van der Waals surface area contributed by atoms with Crippen molar-refractivity contribution in [2.24, 2.45) is 0 Å². The van der Waals surface area contributed by atoms with Crippen molar-refractivity contribution in [2.45, 2.75) is 32.7 Å². The highest BCUT2D eigenvalue weighted by Gasteiger charge is 2.24. The number of hydrogen-bond acceptors (Lipinski definition) is 6. The van der Waals surface area contributed by atoms with Crippen molar-refractivity contribution in [1.82, 2.24) is 9.97 Å². The van der Waals surface area contributed by atoms with Crippen LogP contribution >= 0.6 is 0 Å². The molecule has 0 aliphatic carbocycles. The minimum atomic E-state index is -2.83. The second-order valence-corrected chi connectivity index (χ2v) is 6.96. The van der Waals surface area contributed by atoms with Gasteiger partial charge in [0.2, 0.25) is 5.88 Å². The molecule has 1 aromatic rings. The Balaban J connectivity index is 2.05. The first-order valence-electron chi connectivity index (χ1n) is 6.43. The first kappa shape index (κ1) is 14.0. The number of anilines is 1.